The second kappa shape index (κ2) is 5.82. The lowest BCUT2D eigenvalue weighted by Gasteiger charge is -2.26. The zero-order chi connectivity index (χ0) is 12.1. The fourth-order valence-electron chi connectivity index (χ4n) is 2.10. The number of nitrogens with zero attached hydrogens (tertiary/aromatic N) is 3. The summed E-state index contributed by atoms with van der Waals surface area (Å²) in [6, 6.07) is 0. The largest absolute Gasteiger partial charge is 0.342 e. The Hall–Kier alpha value is -1.36. The molecule has 5 heteroatoms. The molecule has 0 saturated carbocycles. The molecule has 1 N–H and O–H groups in total. The van der Waals surface area contributed by atoms with E-state index in [1.54, 1.807) is 6.20 Å². The van der Waals surface area contributed by atoms with Gasteiger partial charge in [0, 0.05) is 32.5 Å². The van der Waals surface area contributed by atoms with Gasteiger partial charge in [-0.05, 0) is 19.3 Å². The molecular weight excluding hydrogens is 216 g/mol. The fraction of sp³-hybridized carbons (Fsp3) is 0.667. The molecule has 1 aromatic rings. The summed E-state index contributed by atoms with van der Waals surface area (Å²) in [6.45, 7) is 2.89. The molecule has 5 nitrogen and oxygen atoms in total. The van der Waals surface area contributed by atoms with Crippen molar-refractivity contribution < 1.29 is 4.79 Å². The summed E-state index contributed by atoms with van der Waals surface area (Å²) < 4.78 is 1.96. The summed E-state index contributed by atoms with van der Waals surface area (Å²) in [5.74, 6) is 1.16. The second-order valence-corrected chi connectivity index (χ2v) is 4.50. The number of imidazole rings is 1. The minimum absolute atomic E-state index is 0.207. The zero-order valence-electron chi connectivity index (χ0n) is 10.4. The molecule has 0 unspecified atom stereocenters. The predicted octanol–water partition coefficient (Wildman–Crippen LogP) is 0.522. The predicted molar refractivity (Wildman–Crippen MR) is 65.3 cm³/mol. The van der Waals surface area contributed by atoms with Crippen molar-refractivity contribution in [2.45, 2.75) is 25.8 Å². The molecule has 0 radical (unpaired) electrons. The van der Waals surface area contributed by atoms with E-state index < -0.39 is 0 Å². The van der Waals surface area contributed by atoms with E-state index in [1.165, 1.54) is 6.42 Å². The molecule has 17 heavy (non-hydrogen) atoms. The van der Waals surface area contributed by atoms with E-state index in [2.05, 4.69) is 10.3 Å². The van der Waals surface area contributed by atoms with Crippen LogP contribution in [0.5, 0.6) is 0 Å². The van der Waals surface area contributed by atoms with Crippen LogP contribution in [0.4, 0.5) is 0 Å². The highest BCUT2D eigenvalue weighted by molar-refractivity contribution is 5.78. The van der Waals surface area contributed by atoms with Gasteiger partial charge in [0.2, 0.25) is 5.91 Å². The van der Waals surface area contributed by atoms with Crippen LogP contribution < -0.4 is 5.32 Å². The van der Waals surface area contributed by atoms with Crippen molar-refractivity contribution >= 4 is 5.91 Å². The summed E-state index contributed by atoms with van der Waals surface area (Å²) in [5, 5.41) is 3.15. The molecule has 2 rings (SSSR count). The lowest BCUT2D eigenvalue weighted by Crippen LogP contribution is -2.41. The molecule has 1 aromatic heterocycles. The molecule has 1 saturated heterocycles. The van der Waals surface area contributed by atoms with Crippen molar-refractivity contribution in [1.82, 2.24) is 19.8 Å². The SMILES string of the molecule is Cn1ccnc1CNCC(=O)N1CCCCC1. The summed E-state index contributed by atoms with van der Waals surface area (Å²) in [5.41, 5.74) is 0. The summed E-state index contributed by atoms with van der Waals surface area (Å²) >= 11 is 0. The maximum atomic E-state index is 11.8. The summed E-state index contributed by atoms with van der Waals surface area (Å²) in [4.78, 5) is 18.0. The van der Waals surface area contributed by atoms with Gasteiger partial charge >= 0.3 is 0 Å². The van der Waals surface area contributed by atoms with E-state index in [1.807, 2.05) is 22.7 Å². The van der Waals surface area contributed by atoms with Crippen LogP contribution in [0, 0.1) is 0 Å². The number of likely N-dealkylation sites (tertiary alicyclic amines) is 1. The van der Waals surface area contributed by atoms with Gasteiger partial charge in [0.1, 0.15) is 5.82 Å². The van der Waals surface area contributed by atoms with E-state index in [0.717, 1.165) is 31.8 Å². The number of piperidine rings is 1. The Morgan fingerprint density at radius 1 is 1.41 bits per heavy atom. The number of aromatic nitrogens is 2. The minimum atomic E-state index is 0.207. The first kappa shape index (κ1) is 12.1. The van der Waals surface area contributed by atoms with Crippen LogP contribution in [0.1, 0.15) is 25.1 Å². The van der Waals surface area contributed by atoms with E-state index in [9.17, 15) is 4.79 Å². The van der Waals surface area contributed by atoms with E-state index >= 15 is 0 Å². The molecule has 0 spiro atoms. The molecule has 1 amide bonds. The highest BCUT2D eigenvalue weighted by Gasteiger charge is 2.15. The third kappa shape index (κ3) is 3.30. The highest BCUT2D eigenvalue weighted by atomic mass is 16.2. The number of rotatable bonds is 4. The third-order valence-corrected chi connectivity index (χ3v) is 3.19. The fourth-order valence-corrected chi connectivity index (χ4v) is 2.10. The van der Waals surface area contributed by atoms with Gasteiger partial charge in [0.25, 0.3) is 0 Å². The Balaban J connectivity index is 1.71. The Bertz CT molecular complexity index is 368. The molecule has 1 aliphatic heterocycles. The molecule has 2 heterocycles. The molecule has 0 aliphatic carbocycles. The normalized spacial score (nSPS) is 16.2. The number of aryl methyl sites for hydroxylation is 1. The van der Waals surface area contributed by atoms with E-state index in [4.69, 9.17) is 0 Å². The quantitative estimate of drug-likeness (QED) is 0.829. The number of amides is 1. The Morgan fingerprint density at radius 2 is 2.18 bits per heavy atom. The van der Waals surface area contributed by atoms with Gasteiger partial charge in [-0.15, -0.1) is 0 Å². The maximum absolute atomic E-state index is 11.8. The van der Waals surface area contributed by atoms with Crippen LogP contribution in [0.25, 0.3) is 0 Å². The molecule has 1 fully saturated rings. The van der Waals surface area contributed by atoms with Gasteiger partial charge in [-0.2, -0.15) is 0 Å². The Kier molecular flexibility index (Phi) is 4.14. The first-order valence-electron chi connectivity index (χ1n) is 6.22. The van der Waals surface area contributed by atoms with Gasteiger partial charge in [0.05, 0.1) is 13.1 Å². The van der Waals surface area contributed by atoms with Crippen LogP contribution >= 0.6 is 0 Å². The summed E-state index contributed by atoms with van der Waals surface area (Å²) in [6.07, 6.45) is 7.22. The van der Waals surface area contributed by atoms with E-state index in [-0.39, 0.29) is 5.91 Å². The van der Waals surface area contributed by atoms with Crippen molar-refractivity contribution in [2.75, 3.05) is 19.6 Å². The zero-order valence-corrected chi connectivity index (χ0v) is 10.4. The monoisotopic (exact) mass is 236 g/mol. The lowest BCUT2D eigenvalue weighted by atomic mass is 10.1. The van der Waals surface area contributed by atoms with Crippen molar-refractivity contribution in [1.29, 1.82) is 0 Å². The minimum Gasteiger partial charge on any atom is -0.342 e. The molecule has 94 valence electrons. The smallest absolute Gasteiger partial charge is 0.236 e. The maximum Gasteiger partial charge on any atom is 0.236 e. The van der Waals surface area contributed by atoms with Gasteiger partial charge in [-0.1, -0.05) is 0 Å². The van der Waals surface area contributed by atoms with Crippen molar-refractivity contribution in [3.8, 4) is 0 Å². The first-order valence-corrected chi connectivity index (χ1v) is 6.22. The van der Waals surface area contributed by atoms with Crippen molar-refractivity contribution in [3.05, 3.63) is 18.2 Å². The number of hydrogen-bond donors (Lipinski definition) is 1. The molecule has 0 bridgehead atoms. The van der Waals surface area contributed by atoms with Gasteiger partial charge < -0.3 is 14.8 Å². The number of nitrogens with one attached hydrogen (secondary N) is 1. The van der Waals surface area contributed by atoms with Crippen LogP contribution in [-0.2, 0) is 18.4 Å². The van der Waals surface area contributed by atoms with Gasteiger partial charge in [-0.3, -0.25) is 4.79 Å². The van der Waals surface area contributed by atoms with Gasteiger partial charge in [-0.25, -0.2) is 4.98 Å². The van der Waals surface area contributed by atoms with E-state index in [0.29, 0.717) is 13.1 Å². The Morgan fingerprint density at radius 3 is 2.82 bits per heavy atom. The number of hydrogen-bond acceptors (Lipinski definition) is 3. The van der Waals surface area contributed by atoms with Crippen molar-refractivity contribution in [2.24, 2.45) is 7.05 Å². The number of carbonyl (C=O) groups is 1. The van der Waals surface area contributed by atoms with Crippen molar-refractivity contribution in [3.63, 3.8) is 0 Å². The van der Waals surface area contributed by atoms with Crippen LogP contribution in [0.3, 0.4) is 0 Å². The second-order valence-electron chi connectivity index (χ2n) is 4.50. The molecule has 1 aliphatic rings. The summed E-state index contributed by atoms with van der Waals surface area (Å²) in [7, 11) is 1.95. The topological polar surface area (TPSA) is 50.2 Å². The molecular formula is C12H20N4O. The first-order chi connectivity index (χ1) is 8.27. The van der Waals surface area contributed by atoms with Crippen LogP contribution in [0.2, 0.25) is 0 Å². The standard InChI is InChI=1S/C12H20N4O/c1-15-8-5-14-11(15)9-13-10-12(17)16-6-3-2-4-7-16/h5,8,13H,2-4,6-7,9-10H2,1H3. The van der Waals surface area contributed by atoms with Gasteiger partial charge in [0.15, 0.2) is 0 Å². The molecule has 0 aromatic carbocycles. The Labute approximate surface area is 102 Å². The van der Waals surface area contributed by atoms with Crippen LogP contribution in [-0.4, -0.2) is 40.0 Å². The third-order valence-electron chi connectivity index (χ3n) is 3.19. The average Bonchev–Trinajstić information content (AvgIpc) is 2.76. The number of carbonyl (C=O) groups excluding carboxylic acids is 1. The van der Waals surface area contributed by atoms with Crippen LogP contribution in [0.15, 0.2) is 12.4 Å². The molecule has 0 atom stereocenters. The average molecular weight is 236 g/mol. The highest BCUT2D eigenvalue weighted by Crippen LogP contribution is 2.08. The lowest BCUT2D eigenvalue weighted by molar-refractivity contribution is -0.131.